The van der Waals surface area contributed by atoms with Crippen LogP contribution < -0.4 is 25.8 Å². The predicted octanol–water partition coefficient (Wildman–Crippen LogP) is 3.99. The molecule has 3 aromatic rings. The molecule has 1 aliphatic heterocycles. The number of carboxylic acids is 1. The van der Waals surface area contributed by atoms with E-state index in [2.05, 4.69) is 15.4 Å². The maximum absolute atomic E-state index is 14.7. The minimum atomic E-state index is -4.01. The zero-order chi connectivity index (χ0) is 35.3. The number of anilines is 2. The Hall–Kier alpha value is -5.31. The van der Waals surface area contributed by atoms with Gasteiger partial charge in [-0.15, -0.1) is 0 Å². The van der Waals surface area contributed by atoms with E-state index in [-0.39, 0.29) is 34.7 Å². The fourth-order valence-corrected chi connectivity index (χ4v) is 6.91. The van der Waals surface area contributed by atoms with Crippen LogP contribution in [-0.2, 0) is 24.2 Å². The SMILES string of the molecule is COC(=O)Nc1ccc(S(=O)(=O)C(C)C)c(C2C(C(=O)O)CCN2C(=O)C(Nc2cccc(C(N)=O)c2)c2ccc(OC)c(OC)c2)c1. The van der Waals surface area contributed by atoms with Gasteiger partial charge in [-0.05, 0) is 79.9 Å². The minimum absolute atomic E-state index is 0.0113. The topological polar surface area (TPSA) is 204 Å². The first kappa shape index (κ1) is 35.5. The summed E-state index contributed by atoms with van der Waals surface area (Å²) < 4.78 is 42.8. The van der Waals surface area contributed by atoms with Gasteiger partial charge in [-0.25, -0.2) is 13.2 Å². The zero-order valence-electron chi connectivity index (χ0n) is 27.1. The number of nitrogens with zero attached hydrogens (tertiary/aromatic N) is 1. The van der Waals surface area contributed by atoms with Crippen molar-refractivity contribution >= 4 is 45.1 Å². The molecule has 0 aromatic heterocycles. The van der Waals surface area contributed by atoms with E-state index in [9.17, 15) is 32.7 Å². The first-order valence-electron chi connectivity index (χ1n) is 14.9. The van der Waals surface area contributed by atoms with Gasteiger partial charge in [0.2, 0.25) is 11.8 Å². The van der Waals surface area contributed by atoms with Gasteiger partial charge in [-0.2, -0.15) is 0 Å². The van der Waals surface area contributed by atoms with Crippen molar-refractivity contribution in [2.24, 2.45) is 11.7 Å². The van der Waals surface area contributed by atoms with Gasteiger partial charge >= 0.3 is 12.1 Å². The van der Waals surface area contributed by atoms with Crippen molar-refractivity contribution in [3.05, 3.63) is 77.4 Å². The van der Waals surface area contributed by atoms with Crippen molar-refractivity contribution in [2.75, 3.05) is 38.5 Å². The molecular weight excluding hydrogens is 644 g/mol. The molecule has 3 unspecified atom stereocenters. The largest absolute Gasteiger partial charge is 0.493 e. The number of benzene rings is 3. The maximum Gasteiger partial charge on any atom is 0.411 e. The Bertz CT molecular complexity index is 1830. The Labute approximate surface area is 278 Å². The summed E-state index contributed by atoms with van der Waals surface area (Å²) in [5.74, 6) is -3.01. The number of methoxy groups -OCH3 is 3. The molecular formula is C33H38N4O10S. The fraction of sp³-hybridized carbons (Fsp3) is 0.333. The third kappa shape index (κ3) is 7.30. The first-order valence-corrected chi connectivity index (χ1v) is 16.4. The molecule has 15 heteroatoms. The highest BCUT2D eigenvalue weighted by atomic mass is 32.2. The standard InChI is InChI=1S/C33H38N4O10S/c1-18(2)48(43,44)27-12-10-22(36-33(42)47-5)17-24(27)29-23(32(40)41)13-14-37(29)31(39)28(19-9-11-25(45-3)26(16-19)46-4)35-21-8-6-7-20(15-21)30(34)38/h6-12,15-18,23,28-29,35H,13-14H2,1-5H3,(H2,34,38)(H,36,42)(H,40,41). The molecule has 4 rings (SSSR count). The lowest BCUT2D eigenvalue weighted by molar-refractivity contribution is -0.143. The van der Waals surface area contributed by atoms with Crippen LogP contribution in [-0.4, -0.2) is 75.4 Å². The Morgan fingerprint density at radius 2 is 1.65 bits per heavy atom. The second kappa shape index (κ2) is 14.6. The van der Waals surface area contributed by atoms with E-state index < -0.39 is 57.0 Å². The maximum atomic E-state index is 14.7. The smallest absolute Gasteiger partial charge is 0.411 e. The molecule has 3 atom stereocenters. The summed E-state index contributed by atoms with van der Waals surface area (Å²) in [7, 11) is 0.0412. The number of primary amides is 1. The monoisotopic (exact) mass is 682 g/mol. The van der Waals surface area contributed by atoms with Crippen LogP contribution in [0, 0.1) is 5.92 Å². The average Bonchev–Trinajstić information content (AvgIpc) is 3.52. The molecule has 1 fully saturated rings. The number of carboxylic acid groups (broad SMARTS) is 1. The van der Waals surface area contributed by atoms with Crippen molar-refractivity contribution in [3.63, 3.8) is 0 Å². The molecule has 3 aromatic carbocycles. The molecule has 1 heterocycles. The normalized spacial score (nSPS) is 16.6. The highest BCUT2D eigenvalue weighted by molar-refractivity contribution is 7.92. The van der Waals surface area contributed by atoms with Gasteiger partial charge in [0.25, 0.3) is 0 Å². The van der Waals surface area contributed by atoms with E-state index in [1.165, 1.54) is 63.3 Å². The van der Waals surface area contributed by atoms with Crippen LogP contribution in [0.15, 0.2) is 65.6 Å². The quantitative estimate of drug-likeness (QED) is 0.215. The summed E-state index contributed by atoms with van der Waals surface area (Å²) in [5.41, 5.74) is 6.60. The van der Waals surface area contributed by atoms with Gasteiger partial charge in [-0.1, -0.05) is 12.1 Å². The van der Waals surface area contributed by atoms with Crippen LogP contribution in [0.4, 0.5) is 16.2 Å². The molecule has 0 spiro atoms. The Balaban J connectivity index is 1.92. The number of hydrogen-bond donors (Lipinski definition) is 4. The number of nitrogens with two attached hydrogens (primary N) is 1. The van der Waals surface area contributed by atoms with Crippen LogP contribution >= 0.6 is 0 Å². The van der Waals surface area contributed by atoms with Crippen LogP contribution in [0.25, 0.3) is 0 Å². The lowest BCUT2D eigenvalue weighted by atomic mass is 9.92. The van der Waals surface area contributed by atoms with Crippen molar-refractivity contribution in [2.45, 2.75) is 42.5 Å². The minimum Gasteiger partial charge on any atom is -0.493 e. The average molecular weight is 683 g/mol. The van der Waals surface area contributed by atoms with Crippen molar-refractivity contribution in [1.29, 1.82) is 0 Å². The molecule has 0 bridgehead atoms. The van der Waals surface area contributed by atoms with E-state index >= 15 is 0 Å². The number of aliphatic carboxylic acids is 1. The lowest BCUT2D eigenvalue weighted by Gasteiger charge is -2.33. The summed E-state index contributed by atoms with van der Waals surface area (Å²) in [6.45, 7) is 2.94. The third-order valence-electron chi connectivity index (χ3n) is 8.13. The number of ether oxygens (including phenoxy) is 3. The van der Waals surface area contributed by atoms with E-state index in [0.717, 1.165) is 7.11 Å². The molecule has 1 aliphatic rings. The number of carbonyl (C=O) groups excluding carboxylic acids is 3. The second-order valence-corrected chi connectivity index (χ2v) is 13.8. The van der Waals surface area contributed by atoms with Crippen LogP contribution in [0.3, 0.4) is 0 Å². The number of sulfone groups is 1. The van der Waals surface area contributed by atoms with Crippen LogP contribution in [0.1, 0.15) is 53.8 Å². The number of rotatable bonds is 12. The molecule has 0 aliphatic carbocycles. The number of likely N-dealkylation sites (tertiary alicyclic amines) is 1. The summed E-state index contributed by atoms with van der Waals surface area (Å²) in [6.07, 6.45) is -0.817. The van der Waals surface area contributed by atoms with Crippen molar-refractivity contribution < 1.29 is 46.9 Å². The third-order valence-corrected chi connectivity index (χ3v) is 10.4. The summed E-state index contributed by atoms with van der Waals surface area (Å²) in [6, 6.07) is 12.6. The molecule has 5 N–H and O–H groups in total. The van der Waals surface area contributed by atoms with E-state index in [0.29, 0.717) is 22.7 Å². The molecule has 0 saturated carbocycles. The van der Waals surface area contributed by atoms with Crippen molar-refractivity contribution in [1.82, 2.24) is 4.90 Å². The number of nitrogens with one attached hydrogen (secondary N) is 2. The van der Waals surface area contributed by atoms with Gasteiger partial charge < -0.3 is 35.3 Å². The Morgan fingerprint density at radius 1 is 0.938 bits per heavy atom. The van der Waals surface area contributed by atoms with Gasteiger partial charge in [0.1, 0.15) is 6.04 Å². The summed E-state index contributed by atoms with van der Waals surface area (Å²) >= 11 is 0. The Kier molecular flexibility index (Phi) is 10.8. The van der Waals surface area contributed by atoms with Gasteiger partial charge in [0.05, 0.1) is 43.4 Å². The van der Waals surface area contributed by atoms with Gasteiger partial charge in [-0.3, -0.25) is 19.7 Å². The molecule has 3 amide bonds. The Morgan fingerprint density at radius 3 is 2.25 bits per heavy atom. The van der Waals surface area contributed by atoms with Crippen molar-refractivity contribution in [3.8, 4) is 11.5 Å². The molecule has 48 heavy (non-hydrogen) atoms. The number of carbonyl (C=O) groups is 4. The van der Waals surface area contributed by atoms with Crippen LogP contribution in [0.5, 0.6) is 11.5 Å². The van der Waals surface area contributed by atoms with E-state index in [4.69, 9.17) is 15.2 Å². The zero-order valence-corrected chi connectivity index (χ0v) is 27.9. The highest BCUT2D eigenvalue weighted by Gasteiger charge is 2.46. The van der Waals surface area contributed by atoms with Gasteiger partial charge in [0, 0.05) is 23.5 Å². The lowest BCUT2D eigenvalue weighted by Crippen LogP contribution is -2.40. The number of hydrogen-bond acceptors (Lipinski definition) is 10. The summed E-state index contributed by atoms with van der Waals surface area (Å²) in [4.78, 5) is 52.6. The van der Waals surface area contributed by atoms with E-state index in [1.54, 1.807) is 30.3 Å². The molecule has 1 saturated heterocycles. The molecule has 14 nitrogen and oxygen atoms in total. The predicted molar refractivity (Wildman–Crippen MR) is 176 cm³/mol. The molecule has 0 radical (unpaired) electrons. The fourth-order valence-electron chi connectivity index (χ4n) is 5.64. The molecule has 256 valence electrons. The number of amides is 3. The highest BCUT2D eigenvalue weighted by Crippen LogP contribution is 2.44. The first-order chi connectivity index (χ1) is 22.7. The summed E-state index contributed by atoms with van der Waals surface area (Å²) in [5, 5.41) is 15.1. The van der Waals surface area contributed by atoms with Crippen LogP contribution in [0.2, 0.25) is 0 Å². The van der Waals surface area contributed by atoms with E-state index in [1.807, 2.05) is 0 Å². The second-order valence-electron chi connectivity index (χ2n) is 11.3. The van der Waals surface area contributed by atoms with Gasteiger partial charge in [0.15, 0.2) is 21.3 Å².